The van der Waals surface area contributed by atoms with E-state index in [-0.39, 0.29) is 0 Å². The number of fused-ring (bicyclic) bond motifs is 2. The van der Waals surface area contributed by atoms with Gasteiger partial charge in [0.1, 0.15) is 0 Å². The Labute approximate surface area is 101 Å². The van der Waals surface area contributed by atoms with Gasteiger partial charge in [-0.25, -0.2) is 0 Å². The van der Waals surface area contributed by atoms with E-state index in [0.717, 1.165) is 17.9 Å². The molecule has 2 fully saturated rings. The normalized spacial score (nSPS) is 33.9. The Morgan fingerprint density at radius 2 is 1.94 bits per heavy atom. The standard InChI is InChI=1S/C14H28N2/c1-14(2,10-16(3)4)9-15-13-8-11-5-6-12(13)7-11/h11-13,15H,5-10H2,1-4H3/t11-,12-,13-/m1/s1. The lowest BCUT2D eigenvalue weighted by Gasteiger charge is -2.32. The predicted molar refractivity (Wildman–Crippen MR) is 69.6 cm³/mol. The largest absolute Gasteiger partial charge is 0.313 e. The van der Waals surface area contributed by atoms with Crippen LogP contribution in [0.3, 0.4) is 0 Å². The highest BCUT2D eigenvalue weighted by atomic mass is 15.1. The highest BCUT2D eigenvalue weighted by Crippen LogP contribution is 2.44. The van der Waals surface area contributed by atoms with Gasteiger partial charge >= 0.3 is 0 Å². The lowest BCUT2D eigenvalue weighted by atomic mass is 9.90. The van der Waals surface area contributed by atoms with Gasteiger partial charge in [-0.2, -0.15) is 0 Å². The summed E-state index contributed by atoms with van der Waals surface area (Å²) in [5.41, 5.74) is 0.394. The smallest absolute Gasteiger partial charge is 0.00983 e. The van der Waals surface area contributed by atoms with Crippen molar-refractivity contribution in [2.45, 2.75) is 45.6 Å². The van der Waals surface area contributed by atoms with Gasteiger partial charge < -0.3 is 10.2 Å². The molecule has 3 atom stereocenters. The van der Waals surface area contributed by atoms with Crippen LogP contribution in [0.25, 0.3) is 0 Å². The SMILES string of the molecule is CN(C)CC(C)(C)CN[C@@H]1C[C@@H]2CC[C@@H]1C2. The summed E-state index contributed by atoms with van der Waals surface area (Å²) in [4.78, 5) is 2.29. The molecule has 1 N–H and O–H groups in total. The Kier molecular flexibility index (Phi) is 3.60. The molecule has 0 amide bonds. The second kappa shape index (κ2) is 4.66. The van der Waals surface area contributed by atoms with Crippen molar-refractivity contribution in [1.82, 2.24) is 10.2 Å². The fourth-order valence-corrected chi connectivity index (χ4v) is 3.81. The van der Waals surface area contributed by atoms with Crippen molar-refractivity contribution in [3.8, 4) is 0 Å². The van der Waals surface area contributed by atoms with E-state index in [9.17, 15) is 0 Å². The summed E-state index contributed by atoms with van der Waals surface area (Å²) in [5.74, 6) is 2.06. The minimum Gasteiger partial charge on any atom is -0.313 e. The minimum atomic E-state index is 0.394. The van der Waals surface area contributed by atoms with Gasteiger partial charge in [-0.15, -0.1) is 0 Å². The van der Waals surface area contributed by atoms with E-state index >= 15 is 0 Å². The van der Waals surface area contributed by atoms with Crippen LogP contribution in [-0.4, -0.2) is 38.1 Å². The molecule has 0 aromatic heterocycles. The summed E-state index contributed by atoms with van der Waals surface area (Å²) in [6, 6.07) is 0.834. The van der Waals surface area contributed by atoms with Gasteiger partial charge in [-0.05, 0) is 50.6 Å². The van der Waals surface area contributed by atoms with Crippen LogP contribution in [0.15, 0.2) is 0 Å². The average molecular weight is 224 g/mol. The molecule has 16 heavy (non-hydrogen) atoms. The van der Waals surface area contributed by atoms with Gasteiger partial charge in [-0.1, -0.05) is 20.3 Å². The summed E-state index contributed by atoms with van der Waals surface area (Å²) in [6.45, 7) is 7.07. The Bertz CT molecular complexity index is 235. The Hall–Kier alpha value is -0.0800. The molecule has 2 aliphatic rings. The lowest BCUT2D eigenvalue weighted by Crippen LogP contribution is -2.43. The first kappa shape index (κ1) is 12.4. The van der Waals surface area contributed by atoms with Crippen molar-refractivity contribution in [3.05, 3.63) is 0 Å². The molecule has 0 radical (unpaired) electrons. The molecule has 0 heterocycles. The van der Waals surface area contributed by atoms with E-state index in [4.69, 9.17) is 0 Å². The maximum Gasteiger partial charge on any atom is 0.00983 e. The molecule has 2 heteroatoms. The fraction of sp³-hybridized carbons (Fsp3) is 1.00. The van der Waals surface area contributed by atoms with Gasteiger partial charge in [0.05, 0.1) is 0 Å². The number of hydrogen-bond donors (Lipinski definition) is 1. The number of rotatable bonds is 5. The number of nitrogens with zero attached hydrogens (tertiary/aromatic N) is 1. The van der Waals surface area contributed by atoms with Crippen LogP contribution in [0.5, 0.6) is 0 Å². The van der Waals surface area contributed by atoms with E-state index in [1.54, 1.807) is 0 Å². The fourth-order valence-electron chi connectivity index (χ4n) is 3.81. The highest BCUT2D eigenvalue weighted by Gasteiger charge is 2.39. The first-order chi connectivity index (χ1) is 7.46. The summed E-state index contributed by atoms with van der Waals surface area (Å²) < 4.78 is 0. The molecule has 0 unspecified atom stereocenters. The third kappa shape index (κ3) is 2.98. The van der Waals surface area contributed by atoms with Gasteiger partial charge in [0.15, 0.2) is 0 Å². The van der Waals surface area contributed by atoms with Gasteiger partial charge in [0, 0.05) is 19.1 Å². The second-order valence-electron chi connectivity index (χ2n) is 7.06. The van der Waals surface area contributed by atoms with Crippen molar-refractivity contribution in [2.75, 3.05) is 27.2 Å². The quantitative estimate of drug-likeness (QED) is 0.771. The van der Waals surface area contributed by atoms with Crippen molar-refractivity contribution >= 4 is 0 Å². The third-order valence-corrected chi connectivity index (χ3v) is 4.33. The third-order valence-electron chi connectivity index (χ3n) is 4.33. The molecule has 2 saturated carbocycles. The number of hydrogen-bond acceptors (Lipinski definition) is 2. The number of nitrogens with one attached hydrogen (secondary N) is 1. The predicted octanol–water partition coefficient (Wildman–Crippen LogP) is 2.35. The molecule has 2 rings (SSSR count). The molecule has 0 saturated heterocycles. The van der Waals surface area contributed by atoms with Crippen LogP contribution in [0.4, 0.5) is 0 Å². The lowest BCUT2D eigenvalue weighted by molar-refractivity contribution is 0.213. The van der Waals surface area contributed by atoms with Crippen LogP contribution in [0.2, 0.25) is 0 Å². The Morgan fingerprint density at radius 1 is 1.19 bits per heavy atom. The highest BCUT2D eigenvalue weighted by molar-refractivity contribution is 4.94. The van der Waals surface area contributed by atoms with E-state index in [1.165, 1.54) is 38.8 Å². The van der Waals surface area contributed by atoms with Crippen molar-refractivity contribution in [2.24, 2.45) is 17.3 Å². The summed E-state index contributed by atoms with van der Waals surface area (Å²) in [6.07, 6.45) is 5.94. The van der Waals surface area contributed by atoms with Gasteiger partial charge in [-0.3, -0.25) is 0 Å². The molecular weight excluding hydrogens is 196 g/mol. The first-order valence-corrected chi connectivity index (χ1v) is 6.84. The molecule has 0 aromatic carbocycles. The zero-order chi connectivity index (χ0) is 11.8. The molecule has 0 aromatic rings. The second-order valence-corrected chi connectivity index (χ2v) is 7.06. The summed E-state index contributed by atoms with van der Waals surface area (Å²) >= 11 is 0. The van der Waals surface area contributed by atoms with Crippen LogP contribution in [-0.2, 0) is 0 Å². The maximum atomic E-state index is 3.83. The van der Waals surface area contributed by atoms with E-state index < -0.39 is 0 Å². The maximum absolute atomic E-state index is 3.83. The van der Waals surface area contributed by atoms with Crippen molar-refractivity contribution in [3.63, 3.8) is 0 Å². The van der Waals surface area contributed by atoms with Gasteiger partial charge in [0.25, 0.3) is 0 Å². The van der Waals surface area contributed by atoms with Crippen molar-refractivity contribution in [1.29, 1.82) is 0 Å². The summed E-state index contributed by atoms with van der Waals surface area (Å²) in [5, 5.41) is 3.83. The van der Waals surface area contributed by atoms with E-state index in [2.05, 4.69) is 38.2 Å². The van der Waals surface area contributed by atoms with Crippen molar-refractivity contribution < 1.29 is 0 Å². The van der Waals surface area contributed by atoms with Crippen LogP contribution in [0.1, 0.15) is 39.5 Å². The minimum absolute atomic E-state index is 0.394. The molecule has 2 nitrogen and oxygen atoms in total. The molecule has 0 aliphatic heterocycles. The molecule has 0 spiro atoms. The molecule has 2 bridgehead atoms. The van der Waals surface area contributed by atoms with Crippen LogP contribution in [0, 0.1) is 17.3 Å². The van der Waals surface area contributed by atoms with Crippen LogP contribution >= 0.6 is 0 Å². The Morgan fingerprint density at radius 3 is 2.44 bits per heavy atom. The average Bonchev–Trinajstić information content (AvgIpc) is 2.73. The van der Waals surface area contributed by atoms with Gasteiger partial charge in [0.2, 0.25) is 0 Å². The van der Waals surface area contributed by atoms with E-state index in [1.807, 2.05) is 0 Å². The first-order valence-electron chi connectivity index (χ1n) is 6.84. The zero-order valence-electron chi connectivity index (χ0n) is 11.4. The molecule has 94 valence electrons. The van der Waals surface area contributed by atoms with Crippen LogP contribution < -0.4 is 5.32 Å². The molecular formula is C14H28N2. The topological polar surface area (TPSA) is 15.3 Å². The monoisotopic (exact) mass is 224 g/mol. The zero-order valence-corrected chi connectivity index (χ0v) is 11.4. The Balaban J connectivity index is 1.74. The van der Waals surface area contributed by atoms with E-state index in [0.29, 0.717) is 5.41 Å². The molecule has 2 aliphatic carbocycles. The summed E-state index contributed by atoms with van der Waals surface area (Å²) in [7, 11) is 4.33.